The van der Waals surface area contributed by atoms with Gasteiger partial charge in [-0.2, -0.15) is 0 Å². The molecule has 0 fully saturated rings. The van der Waals surface area contributed by atoms with Crippen molar-refractivity contribution in [1.82, 2.24) is 4.90 Å². The summed E-state index contributed by atoms with van der Waals surface area (Å²) in [5.41, 5.74) is 5.13. The highest BCUT2D eigenvalue weighted by Gasteiger charge is 2.10. The van der Waals surface area contributed by atoms with Crippen LogP contribution in [-0.2, 0) is 9.59 Å². The molecule has 130 valence electrons. The summed E-state index contributed by atoms with van der Waals surface area (Å²) in [5.74, 6) is -0.504. The lowest BCUT2D eigenvalue weighted by molar-refractivity contribution is -0.133. The summed E-state index contributed by atoms with van der Waals surface area (Å²) in [5, 5.41) is 0. The van der Waals surface area contributed by atoms with Crippen molar-refractivity contribution in [2.45, 2.75) is 90.9 Å². The van der Waals surface area contributed by atoms with E-state index in [1.807, 2.05) is 0 Å². The summed E-state index contributed by atoms with van der Waals surface area (Å²) in [4.78, 5) is 23.7. The maximum atomic E-state index is 11.3. The molecular weight excluding hydrogens is 276 g/mol. The molecule has 0 aromatic heterocycles. The zero-order chi connectivity index (χ0) is 16.6. The van der Waals surface area contributed by atoms with Crippen LogP contribution in [0.2, 0.25) is 0 Å². The second-order valence-electron chi connectivity index (χ2n) is 6.30. The van der Waals surface area contributed by atoms with Gasteiger partial charge in [-0.1, -0.05) is 77.6 Å². The SMILES string of the molecule is CCCCCCCCCCCCCCN(CC(N)=O)C(C)=O. The lowest BCUT2D eigenvalue weighted by atomic mass is 10.1. The normalized spacial score (nSPS) is 10.6. The van der Waals surface area contributed by atoms with Crippen LogP contribution in [-0.4, -0.2) is 29.8 Å². The van der Waals surface area contributed by atoms with E-state index in [1.54, 1.807) is 4.90 Å². The molecule has 2 amide bonds. The molecule has 0 heterocycles. The molecule has 0 saturated carbocycles. The second-order valence-corrected chi connectivity index (χ2v) is 6.30. The smallest absolute Gasteiger partial charge is 0.237 e. The van der Waals surface area contributed by atoms with Gasteiger partial charge in [0.25, 0.3) is 0 Å². The van der Waals surface area contributed by atoms with Crippen LogP contribution in [0.5, 0.6) is 0 Å². The molecule has 0 radical (unpaired) electrons. The number of primary amides is 1. The predicted octanol–water partition coefficient (Wildman–Crippen LogP) is 4.02. The minimum Gasteiger partial charge on any atom is -0.368 e. The summed E-state index contributed by atoms with van der Waals surface area (Å²) < 4.78 is 0. The lowest BCUT2D eigenvalue weighted by Gasteiger charge is -2.18. The molecular formula is C18H36N2O2. The molecule has 0 saturated heterocycles. The predicted molar refractivity (Wildman–Crippen MR) is 92.5 cm³/mol. The first-order valence-electron chi connectivity index (χ1n) is 9.11. The zero-order valence-electron chi connectivity index (χ0n) is 14.7. The Kier molecular flexibility index (Phi) is 14.1. The van der Waals surface area contributed by atoms with Gasteiger partial charge in [-0.05, 0) is 6.42 Å². The fourth-order valence-corrected chi connectivity index (χ4v) is 2.68. The summed E-state index contributed by atoms with van der Waals surface area (Å²) in [7, 11) is 0. The van der Waals surface area contributed by atoms with Gasteiger partial charge >= 0.3 is 0 Å². The number of unbranched alkanes of at least 4 members (excludes halogenated alkanes) is 11. The maximum absolute atomic E-state index is 11.3. The van der Waals surface area contributed by atoms with Crippen molar-refractivity contribution in [1.29, 1.82) is 0 Å². The topological polar surface area (TPSA) is 63.4 Å². The third kappa shape index (κ3) is 13.9. The highest BCUT2D eigenvalue weighted by atomic mass is 16.2. The second kappa shape index (κ2) is 14.9. The summed E-state index contributed by atoms with van der Waals surface area (Å²) in [6.45, 7) is 4.44. The number of rotatable bonds is 15. The third-order valence-corrected chi connectivity index (χ3v) is 4.07. The van der Waals surface area contributed by atoms with Crippen molar-refractivity contribution in [3.8, 4) is 0 Å². The van der Waals surface area contributed by atoms with Gasteiger partial charge in [0.1, 0.15) is 0 Å². The Morgan fingerprint density at radius 2 is 1.18 bits per heavy atom. The average molecular weight is 312 g/mol. The van der Waals surface area contributed by atoms with Crippen LogP contribution in [0.15, 0.2) is 0 Å². The van der Waals surface area contributed by atoms with Gasteiger partial charge in [0, 0.05) is 13.5 Å². The van der Waals surface area contributed by atoms with Gasteiger partial charge in [0.05, 0.1) is 6.54 Å². The number of nitrogens with two attached hydrogens (primary N) is 1. The van der Waals surface area contributed by atoms with Crippen molar-refractivity contribution in [2.75, 3.05) is 13.1 Å². The minimum atomic E-state index is -0.436. The Hall–Kier alpha value is -1.06. The molecule has 0 aliphatic heterocycles. The van der Waals surface area contributed by atoms with Gasteiger partial charge in [0.15, 0.2) is 0 Å². The largest absolute Gasteiger partial charge is 0.368 e. The van der Waals surface area contributed by atoms with Crippen LogP contribution in [0.3, 0.4) is 0 Å². The van der Waals surface area contributed by atoms with E-state index in [-0.39, 0.29) is 12.5 Å². The molecule has 0 aliphatic carbocycles. The van der Waals surface area contributed by atoms with E-state index in [4.69, 9.17) is 5.73 Å². The quantitative estimate of drug-likeness (QED) is 0.464. The van der Waals surface area contributed by atoms with E-state index >= 15 is 0 Å². The monoisotopic (exact) mass is 312 g/mol. The van der Waals surface area contributed by atoms with Gasteiger partial charge in [-0.3, -0.25) is 9.59 Å². The van der Waals surface area contributed by atoms with Crippen molar-refractivity contribution in [3.05, 3.63) is 0 Å². The lowest BCUT2D eigenvalue weighted by Crippen LogP contribution is -2.37. The van der Waals surface area contributed by atoms with E-state index in [2.05, 4.69) is 6.92 Å². The Morgan fingerprint density at radius 3 is 1.55 bits per heavy atom. The van der Waals surface area contributed by atoms with Crippen LogP contribution in [0.4, 0.5) is 0 Å². The number of carbonyl (C=O) groups excluding carboxylic acids is 2. The van der Waals surface area contributed by atoms with E-state index in [1.165, 1.54) is 71.1 Å². The van der Waals surface area contributed by atoms with Crippen LogP contribution in [0.1, 0.15) is 90.9 Å². The first kappa shape index (κ1) is 20.9. The van der Waals surface area contributed by atoms with E-state index < -0.39 is 5.91 Å². The number of hydrogen-bond donors (Lipinski definition) is 1. The van der Waals surface area contributed by atoms with Crippen molar-refractivity contribution in [2.24, 2.45) is 5.73 Å². The maximum Gasteiger partial charge on any atom is 0.237 e. The molecule has 4 nitrogen and oxygen atoms in total. The minimum absolute atomic E-state index is 0.0490. The molecule has 0 unspecified atom stereocenters. The summed E-state index contributed by atoms with van der Waals surface area (Å²) in [6, 6.07) is 0. The summed E-state index contributed by atoms with van der Waals surface area (Å²) >= 11 is 0. The van der Waals surface area contributed by atoms with Gasteiger partial charge in [-0.15, -0.1) is 0 Å². The fourth-order valence-electron chi connectivity index (χ4n) is 2.68. The van der Waals surface area contributed by atoms with Gasteiger partial charge in [-0.25, -0.2) is 0 Å². The fraction of sp³-hybridized carbons (Fsp3) is 0.889. The van der Waals surface area contributed by atoms with Crippen molar-refractivity contribution >= 4 is 11.8 Å². The van der Waals surface area contributed by atoms with E-state index in [0.29, 0.717) is 6.54 Å². The highest BCUT2D eigenvalue weighted by molar-refractivity contribution is 5.82. The molecule has 0 spiro atoms. The van der Waals surface area contributed by atoms with E-state index in [9.17, 15) is 9.59 Å². The number of hydrogen-bond acceptors (Lipinski definition) is 2. The van der Waals surface area contributed by atoms with Crippen LogP contribution >= 0.6 is 0 Å². The van der Waals surface area contributed by atoms with Crippen LogP contribution in [0.25, 0.3) is 0 Å². The van der Waals surface area contributed by atoms with Crippen LogP contribution in [0, 0.1) is 0 Å². The molecule has 0 aromatic carbocycles. The van der Waals surface area contributed by atoms with E-state index in [0.717, 1.165) is 12.8 Å². The van der Waals surface area contributed by atoms with Gasteiger partial charge in [0.2, 0.25) is 11.8 Å². The molecule has 0 rings (SSSR count). The highest BCUT2D eigenvalue weighted by Crippen LogP contribution is 2.12. The number of amides is 2. The summed E-state index contributed by atoms with van der Waals surface area (Å²) in [6.07, 6.45) is 15.5. The first-order valence-corrected chi connectivity index (χ1v) is 9.11. The molecule has 22 heavy (non-hydrogen) atoms. The Balaban J connectivity index is 3.35. The molecule has 0 atom stereocenters. The first-order chi connectivity index (χ1) is 10.6. The molecule has 0 bridgehead atoms. The Labute approximate surface area is 136 Å². The van der Waals surface area contributed by atoms with Crippen molar-refractivity contribution in [3.63, 3.8) is 0 Å². The van der Waals surface area contributed by atoms with Crippen molar-refractivity contribution < 1.29 is 9.59 Å². The Morgan fingerprint density at radius 1 is 0.773 bits per heavy atom. The van der Waals surface area contributed by atoms with Crippen LogP contribution < -0.4 is 5.73 Å². The average Bonchev–Trinajstić information content (AvgIpc) is 2.46. The molecule has 4 heteroatoms. The standard InChI is InChI=1S/C18H36N2O2/c1-3-4-5-6-7-8-9-10-11-12-13-14-15-20(17(2)21)16-18(19)22/h3-16H2,1-2H3,(H2,19,22). The molecule has 0 aliphatic rings. The van der Waals surface area contributed by atoms with Gasteiger partial charge < -0.3 is 10.6 Å². The molecule has 0 aromatic rings. The Bertz CT molecular complexity index is 293. The zero-order valence-corrected chi connectivity index (χ0v) is 14.7. The molecule has 2 N–H and O–H groups in total. The number of carbonyl (C=O) groups is 2. The third-order valence-electron chi connectivity index (χ3n) is 4.07. The number of nitrogens with zero attached hydrogens (tertiary/aromatic N) is 1.